The molecule has 0 aliphatic heterocycles. The first kappa shape index (κ1) is 40.1. The summed E-state index contributed by atoms with van der Waals surface area (Å²) in [6, 6.07) is 15.9. The fourth-order valence-corrected chi connectivity index (χ4v) is 9.92. The van der Waals surface area contributed by atoms with E-state index in [2.05, 4.69) is 10.6 Å². The first-order chi connectivity index (χ1) is 21.3. The Bertz CT molecular complexity index is 1460. The van der Waals surface area contributed by atoms with Crippen molar-refractivity contribution in [1.29, 1.82) is 0 Å². The fourth-order valence-electron chi connectivity index (χ4n) is 5.22. The lowest BCUT2D eigenvalue weighted by Gasteiger charge is -2.36. The van der Waals surface area contributed by atoms with Gasteiger partial charge in [0.2, 0.25) is 11.7 Å². The molecule has 0 unspecified atom stereocenters. The molecule has 2 amide bonds. The molecule has 0 saturated carbocycles. The molecule has 3 rings (SSSR count). The van der Waals surface area contributed by atoms with E-state index in [9.17, 15) is 22.8 Å². The average Bonchev–Trinajstić information content (AvgIpc) is 2.98. The van der Waals surface area contributed by atoms with Gasteiger partial charge < -0.3 is 32.4 Å². The molecule has 0 heterocycles. The molecule has 2 N–H and O–H groups in total. The fraction of sp³-hybridized carbons (Fsp3) is 0.429. The summed E-state index contributed by atoms with van der Waals surface area (Å²) in [5.41, 5.74) is -2.46. The number of carbonyl (C=O) groups excluding carboxylic acids is 2. The second-order valence-corrected chi connectivity index (χ2v) is 17.5. The lowest BCUT2D eigenvalue weighted by Crippen LogP contribution is -3.00. The van der Waals surface area contributed by atoms with Gasteiger partial charge in [0.15, 0.2) is 23.3 Å². The molecule has 0 fully saturated rings. The van der Waals surface area contributed by atoms with Crippen molar-refractivity contribution in [3.8, 4) is 0 Å². The van der Waals surface area contributed by atoms with Gasteiger partial charge in [0.05, 0.1) is 41.8 Å². The second-order valence-electron chi connectivity index (χ2n) is 13.8. The molecule has 3 aromatic carbocycles. The zero-order chi connectivity index (χ0) is 34.6. The van der Waals surface area contributed by atoms with Gasteiger partial charge in [-0.1, -0.05) is 71.0 Å². The molecule has 0 aliphatic rings. The largest absolute Gasteiger partial charge is 1.00 e. The summed E-state index contributed by atoms with van der Waals surface area (Å²) in [5, 5.41) is 7.04. The summed E-state index contributed by atoms with van der Waals surface area (Å²) >= 11 is 0. The molecule has 258 valence electrons. The summed E-state index contributed by atoms with van der Waals surface area (Å²) in [7, 11) is -3.09. The number of hydrogen-bond acceptors (Lipinski definition) is 3. The van der Waals surface area contributed by atoms with Gasteiger partial charge in [-0.25, -0.2) is 26.7 Å². The topological polar surface area (TPSA) is 67.4 Å². The van der Waals surface area contributed by atoms with E-state index in [1.54, 1.807) is 102 Å². The number of alkyl carbamates (subject to hydrolysis) is 1. The van der Waals surface area contributed by atoms with Crippen LogP contribution in [-0.2, 0) is 15.7 Å². The molecule has 5 nitrogen and oxygen atoms in total. The number of rotatable bonds is 10. The molecule has 3 aromatic rings. The minimum Gasteiger partial charge on any atom is -1.00 e. The highest BCUT2D eigenvalue weighted by Crippen LogP contribution is 2.60. The van der Waals surface area contributed by atoms with Crippen LogP contribution in [-0.4, -0.2) is 35.8 Å². The van der Waals surface area contributed by atoms with Crippen LogP contribution in [0.4, 0.5) is 26.7 Å². The SMILES string of the molecule is CC(C)[C@@H](C[P+](Cc1c(F)c(F)c(F)c(F)c1F)(c1ccccc1)c1ccccc1)NC(=O)[C@@H](NC(=O)OC(C)(C)C)C(C)(C)C.[Br-]. The summed E-state index contributed by atoms with van der Waals surface area (Å²) in [5.74, 6) is -10.8. The summed E-state index contributed by atoms with van der Waals surface area (Å²) in [6.07, 6.45) is -1.15. The zero-order valence-electron chi connectivity index (χ0n) is 27.9. The Hall–Kier alpha value is -3.04. The van der Waals surface area contributed by atoms with Crippen molar-refractivity contribution in [1.82, 2.24) is 10.6 Å². The maximum Gasteiger partial charge on any atom is 0.408 e. The van der Waals surface area contributed by atoms with Crippen LogP contribution < -0.4 is 38.2 Å². The van der Waals surface area contributed by atoms with Crippen LogP contribution in [0, 0.1) is 40.4 Å². The van der Waals surface area contributed by atoms with Crippen molar-refractivity contribution in [3.63, 3.8) is 0 Å². The van der Waals surface area contributed by atoms with Crippen molar-refractivity contribution in [2.75, 3.05) is 6.16 Å². The van der Waals surface area contributed by atoms with Gasteiger partial charge >= 0.3 is 6.09 Å². The predicted molar refractivity (Wildman–Crippen MR) is 173 cm³/mol. The molecule has 2 atom stereocenters. The van der Waals surface area contributed by atoms with Crippen LogP contribution in [0.3, 0.4) is 0 Å². The third-order valence-electron chi connectivity index (χ3n) is 7.66. The van der Waals surface area contributed by atoms with Crippen molar-refractivity contribution in [2.45, 2.75) is 79.2 Å². The van der Waals surface area contributed by atoms with Crippen LogP contribution in [0.2, 0.25) is 0 Å². The van der Waals surface area contributed by atoms with E-state index in [0.717, 1.165) is 0 Å². The zero-order valence-corrected chi connectivity index (χ0v) is 30.3. The molecule has 0 spiro atoms. The van der Waals surface area contributed by atoms with Gasteiger partial charge in [-0.15, -0.1) is 0 Å². The minimum atomic E-state index is -3.09. The highest BCUT2D eigenvalue weighted by molar-refractivity contribution is 7.88. The maximum absolute atomic E-state index is 15.3. The number of amides is 2. The van der Waals surface area contributed by atoms with Crippen LogP contribution in [0.5, 0.6) is 0 Å². The maximum atomic E-state index is 15.3. The van der Waals surface area contributed by atoms with E-state index in [0.29, 0.717) is 10.6 Å². The molecule has 0 radical (unpaired) electrons. The Balaban J connectivity index is 0.00000768. The smallest absolute Gasteiger partial charge is 0.408 e. The normalized spacial score (nSPS) is 13.4. The summed E-state index contributed by atoms with van der Waals surface area (Å²) in [4.78, 5) is 26.6. The molecule has 0 bridgehead atoms. The van der Waals surface area contributed by atoms with E-state index >= 15 is 8.78 Å². The third-order valence-corrected chi connectivity index (χ3v) is 12.1. The first-order valence-corrected chi connectivity index (χ1v) is 17.2. The summed E-state index contributed by atoms with van der Waals surface area (Å²) in [6.45, 7) is 14.2. The third kappa shape index (κ3) is 9.75. The quantitative estimate of drug-likeness (QED) is 0.138. The molecule has 0 aromatic heterocycles. The minimum absolute atomic E-state index is 0. The van der Waals surface area contributed by atoms with E-state index in [-0.39, 0.29) is 29.1 Å². The van der Waals surface area contributed by atoms with Gasteiger partial charge in [-0.05, 0) is 56.4 Å². The predicted octanol–water partition coefficient (Wildman–Crippen LogP) is 4.63. The number of nitrogens with one attached hydrogen (secondary N) is 2. The Morgan fingerprint density at radius 1 is 0.723 bits per heavy atom. The van der Waals surface area contributed by atoms with E-state index < -0.39 is 83.2 Å². The monoisotopic (exact) mass is 744 g/mol. The highest BCUT2D eigenvalue weighted by atomic mass is 79.9. The highest BCUT2D eigenvalue weighted by Gasteiger charge is 2.48. The van der Waals surface area contributed by atoms with Crippen molar-refractivity contribution in [2.24, 2.45) is 11.3 Å². The first-order valence-electron chi connectivity index (χ1n) is 15.1. The average molecular weight is 746 g/mol. The molecule has 0 aliphatic carbocycles. The Morgan fingerprint density at radius 3 is 1.53 bits per heavy atom. The lowest BCUT2D eigenvalue weighted by molar-refractivity contribution is -0.126. The second kappa shape index (κ2) is 15.9. The van der Waals surface area contributed by atoms with Crippen LogP contribution in [0.15, 0.2) is 60.7 Å². The standard InChI is InChI=1S/C35H42F5N2O3P.BrH/c1-21(2)25(41-32(43)31(34(3,4)5)42-33(44)45-35(6,7)8)20-46(22-15-11-9-12-16-22,23-17-13-10-14-18-23)19-24-26(36)28(38)30(40)29(39)27(24)37;/h9-18,21,25,31H,19-20H2,1-8H3,(H-,41,42,43,44);1H/t25-,31-;/m1./s1. The van der Waals surface area contributed by atoms with Crippen molar-refractivity contribution >= 4 is 29.9 Å². The lowest BCUT2D eigenvalue weighted by atomic mass is 9.86. The molecule has 47 heavy (non-hydrogen) atoms. The number of hydrogen-bond donors (Lipinski definition) is 2. The van der Waals surface area contributed by atoms with Crippen LogP contribution >= 0.6 is 7.26 Å². The van der Waals surface area contributed by atoms with Gasteiger partial charge in [0, 0.05) is 0 Å². The molecular weight excluding hydrogens is 702 g/mol. The molecule has 0 saturated heterocycles. The van der Waals surface area contributed by atoms with Crippen molar-refractivity contribution in [3.05, 3.63) is 95.3 Å². The van der Waals surface area contributed by atoms with Crippen LogP contribution in [0.1, 0.15) is 61.0 Å². The van der Waals surface area contributed by atoms with E-state index in [1.165, 1.54) is 0 Å². The Morgan fingerprint density at radius 2 is 1.15 bits per heavy atom. The van der Waals surface area contributed by atoms with Gasteiger partial charge in [-0.2, -0.15) is 0 Å². The number of benzene rings is 3. The Kier molecular flexibility index (Phi) is 13.6. The van der Waals surface area contributed by atoms with Gasteiger partial charge in [-0.3, -0.25) is 4.79 Å². The number of halogens is 6. The van der Waals surface area contributed by atoms with Gasteiger partial charge in [0.25, 0.3) is 0 Å². The van der Waals surface area contributed by atoms with Crippen molar-refractivity contribution < 1.29 is 53.3 Å². The Labute approximate surface area is 285 Å². The number of carbonyl (C=O) groups is 2. The van der Waals surface area contributed by atoms with Gasteiger partial charge in [0.1, 0.15) is 11.6 Å². The molecule has 12 heteroatoms. The summed E-state index contributed by atoms with van der Waals surface area (Å²) < 4.78 is 79.1. The van der Waals surface area contributed by atoms with E-state index in [1.807, 2.05) is 13.8 Å². The number of ether oxygens (including phenoxy) is 1. The molecular formula is C35H43BrF5N2O3P. The van der Waals surface area contributed by atoms with Crippen LogP contribution in [0.25, 0.3) is 0 Å². The van der Waals surface area contributed by atoms with E-state index in [4.69, 9.17) is 4.74 Å².